The molecule has 0 aromatic heterocycles. The Bertz CT molecular complexity index is 715. The second kappa shape index (κ2) is 7.73. The summed E-state index contributed by atoms with van der Waals surface area (Å²) in [5, 5.41) is 4.21. The Labute approximate surface area is 138 Å². The smallest absolute Gasteiger partial charge is 0.244 e. The summed E-state index contributed by atoms with van der Waals surface area (Å²) in [5.41, 5.74) is 9.15. The summed E-state index contributed by atoms with van der Waals surface area (Å²) in [6, 6.07) is 14.4. The molecule has 0 bridgehead atoms. The average molecular weight is 308 g/mol. The van der Waals surface area contributed by atoms with Gasteiger partial charge in [0.2, 0.25) is 5.91 Å². The lowest BCUT2D eigenvalue weighted by Crippen LogP contribution is -2.21. The van der Waals surface area contributed by atoms with Crippen LogP contribution in [-0.2, 0) is 17.6 Å². The Morgan fingerprint density at radius 3 is 2.39 bits per heavy atom. The van der Waals surface area contributed by atoms with Crippen LogP contribution in [0.5, 0.6) is 0 Å². The molecule has 0 atom stereocenters. The monoisotopic (exact) mass is 308 g/mol. The first kappa shape index (κ1) is 16.9. The Morgan fingerprint density at radius 2 is 1.78 bits per heavy atom. The summed E-state index contributed by atoms with van der Waals surface area (Å²) in [6.07, 6.45) is 1.36. The zero-order valence-electron chi connectivity index (χ0n) is 14.3. The standard InChI is InChI=1S/C20H24N2O/c1-5-17-7-10-18(11-8-17)16(4)21-22-20(23)13-19-9-6-14(2)12-15(19)3/h6-12H,5,13H2,1-4H3,(H,22,23)/b21-16+. The van der Waals surface area contributed by atoms with E-state index in [4.69, 9.17) is 0 Å². The van der Waals surface area contributed by atoms with Gasteiger partial charge in [-0.25, -0.2) is 5.43 Å². The predicted molar refractivity (Wildman–Crippen MR) is 95.8 cm³/mol. The molecule has 120 valence electrons. The number of benzene rings is 2. The van der Waals surface area contributed by atoms with E-state index < -0.39 is 0 Å². The zero-order valence-corrected chi connectivity index (χ0v) is 14.3. The van der Waals surface area contributed by atoms with E-state index in [-0.39, 0.29) is 5.91 Å². The van der Waals surface area contributed by atoms with Crippen LogP contribution in [0, 0.1) is 13.8 Å². The average Bonchev–Trinajstić information content (AvgIpc) is 2.55. The number of rotatable bonds is 5. The van der Waals surface area contributed by atoms with Gasteiger partial charge in [0.25, 0.3) is 0 Å². The van der Waals surface area contributed by atoms with Gasteiger partial charge in [0.1, 0.15) is 0 Å². The quantitative estimate of drug-likeness (QED) is 0.659. The molecule has 0 aliphatic heterocycles. The fourth-order valence-corrected chi connectivity index (χ4v) is 2.45. The Balaban J connectivity index is 1.99. The molecule has 0 saturated carbocycles. The Kier molecular flexibility index (Phi) is 5.69. The van der Waals surface area contributed by atoms with E-state index in [1.165, 1.54) is 11.1 Å². The van der Waals surface area contributed by atoms with Gasteiger partial charge in [0, 0.05) is 0 Å². The molecule has 0 fully saturated rings. The molecule has 0 aliphatic carbocycles. The summed E-state index contributed by atoms with van der Waals surface area (Å²) in [6.45, 7) is 8.11. The van der Waals surface area contributed by atoms with Crippen molar-refractivity contribution in [2.24, 2.45) is 5.10 Å². The number of hydrazone groups is 1. The maximum Gasteiger partial charge on any atom is 0.244 e. The molecular formula is C20H24N2O. The highest BCUT2D eigenvalue weighted by Crippen LogP contribution is 2.11. The number of hydrogen-bond acceptors (Lipinski definition) is 2. The minimum absolute atomic E-state index is 0.0959. The van der Waals surface area contributed by atoms with Gasteiger partial charge < -0.3 is 0 Å². The van der Waals surface area contributed by atoms with E-state index >= 15 is 0 Å². The third-order valence-electron chi connectivity index (χ3n) is 3.98. The van der Waals surface area contributed by atoms with Crippen LogP contribution < -0.4 is 5.43 Å². The molecule has 0 saturated heterocycles. The van der Waals surface area contributed by atoms with Crippen LogP contribution in [0.25, 0.3) is 0 Å². The lowest BCUT2D eigenvalue weighted by molar-refractivity contribution is -0.120. The number of carbonyl (C=O) groups is 1. The van der Waals surface area contributed by atoms with Crippen LogP contribution in [0.4, 0.5) is 0 Å². The van der Waals surface area contributed by atoms with Crippen LogP contribution in [0.15, 0.2) is 47.6 Å². The molecule has 3 heteroatoms. The highest BCUT2D eigenvalue weighted by Gasteiger charge is 2.06. The van der Waals surface area contributed by atoms with Gasteiger partial charge in [-0.1, -0.05) is 55.0 Å². The molecule has 1 N–H and O–H groups in total. The summed E-state index contributed by atoms with van der Waals surface area (Å²) in [5.74, 6) is -0.0959. The van der Waals surface area contributed by atoms with Gasteiger partial charge in [-0.05, 0) is 49.4 Å². The first-order chi connectivity index (χ1) is 11.0. The van der Waals surface area contributed by atoms with E-state index in [9.17, 15) is 4.79 Å². The SMILES string of the molecule is CCc1ccc(/C(C)=N/NC(=O)Cc2ccc(C)cc2C)cc1. The van der Waals surface area contributed by atoms with Crippen molar-refractivity contribution in [1.29, 1.82) is 0 Å². The highest BCUT2D eigenvalue weighted by molar-refractivity contribution is 5.99. The highest BCUT2D eigenvalue weighted by atomic mass is 16.2. The first-order valence-electron chi connectivity index (χ1n) is 7.98. The second-order valence-electron chi connectivity index (χ2n) is 5.89. The maximum absolute atomic E-state index is 12.1. The Morgan fingerprint density at radius 1 is 1.09 bits per heavy atom. The molecule has 2 rings (SSSR count). The van der Waals surface area contributed by atoms with Gasteiger partial charge in [-0.15, -0.1) is 0 Å². The molecule has 2 aromatic rings. The van der Waals surface area contributed by atoms with Crippen molar-refractivity contribution in [2.75, 3.05) is 0 Å². The van der Waals surface area contributed by atoms with Crippen molar-refractivity contribution in [3.8, 4) is 0 Å². The molecule has 0 unspecified atom stereocenters. The minimum atomic E-state index is -0.0959. The lowest BCUT2D eigenvalue weighted by atomic mass is 10.0. The molecule has 1 amide bonds. The van der Waals surface area contributed by atoms with Crippen LogP contribution in [0.1, 0.15) is 41.7 Å². The molecule has 2 aromatic carbocycles. The van der Waals surface area contributed by atoms with Gasteiger partial charge in [0.15, 0.2) is 0 Å². The van der Waals surface area contributed by atoms with Gasteiger partial charge in [-0.3, -0.25) is 4.79 Å². The molecule has 0 radical (unpaired) electrons. The Hall–Kier alpha value is -2.42. The zero-order chi connectivity index (χ0) is 16.8. The third-order valence-corrected chi connectivity index (χ3v) is 3.98. The van der Waals surface area contributed by atoms with Crippen LogP contribution in [-0.4, -0.2) is 11.6 Å². The van der Waals surface area contributed by atoms with E-state index in [0.29, 0.717) is 6.42 Å². The number of nitrogens with one attached hydrogen (secondary N) is 1. The predicted octanol–water partition coefficient (Wildman–Crippen LogP) is 3.95. The summed E-state index contributed by atoms with van der Waals surface area (Å²) in [7, 11) is 0. The van der Waals surface area contributed by atoms with Gasteiger partial charge in [0.05, 0.1) is 12.1 Å². The first-order valence-corrected chi connectivity index (χ1v) is 7.98. The number of nitrogens with zero attached hydrogens (tertiary/aromatic N) is 1. The molecular weight excluding hydrogens is 284 g/mol. The van der Waals surface area contributed by atoms with Gasteiger partial charge >= 0.3 is 0 Å². The maximum atomic E-state index is 12.1. The fraction of sp³-hybridized carbons (Fsp3) is 0.300. The molecule has 3 nitrogen and oxygen atoms in total. The van der Waals surface area contributed by atoms with Crippen molar-refractivity contribution in [1.82, 2.24) is 5.43 Å². The number of carbonyl (C=O) groups excluding carboxylic acids is 1. The fourth-order valence-electron chi connectivity index (χ4n) is 2.45. The van der Waals surface area contributed by atoms with E-state index in [1.807, 2.05) is 45.0 Å². The van der Waals surface area contributed by atoms with Crippen molar-refractivity contribution < 1.29 is 4.79 Å². The van der Waals surface area contributed by atoms with E-state index in [2.05, 4.69) is 35.7 Å². The summed E-state index contributed by atoms with van der Waals surface area (Å²) < 4.78 is 0. The van der Waals surface area contributed by atoms with Crippen molar-refractivity contribution in [3.63, 3.8) is 0 Å². The van der Waals surface area contributed by atoms with E-state index in [1.54, 1.807) is 0 Å². The number of hydrogen-bond donors (Lipinski definition) is 1. The molecule has 23 heavy (non-hydrogen) atoms. The summed E-state index contributed by atoms with van der Waals surface area (Å²) >= 11 is 0. The van der Waals surface area contributed by atoms with Gasteiger partial charge in [-0.2, -0.15) is 5.10 Å². The molecule has 0 heterocycles. The van der Waals surface area contributed by atoms with Crippen molar-refractivity contribution >= 4 is 11.6 Å². The number of amides is 1. The largest absolute Gasteiger partial charge is 0.273 e. The topological polar surface area (TPSA) is 41.5 Å². The van der Waals surface area contributed by atoms with E-state index in [0.717, 1.165) is 28.8 Å². The lowest BCUT2D eigenvalue weighted by Gasteiger charge is -2.07. The number of aryl methyl sites for hydroxylation is 3. The summed E-state index contributed by atoms with van der Waals surface area (Å²) in [4.78, 5) is 12.1. The molecule has 0 spiro atoms. The molecule has 0 aliphatic rings. The van der Waals surface area contributed by atoms with Crippen molar-refractivity contribution in [2.45, 2.75) is 40.5 Å². The van der Waals surface area contributed by atoms with Crippen LogP contribution in [0.3, 0.4) is 0 Å². The second-order valence-corrected chi connectivity index (χ2v) is 5.89. The van der Waals surface area contributed by atoms with Crippen molar-refractivity contribution in [3.05, 3.63) is 70.3 Å². The third kappa shape index (κ3) is 4.78. The minimum Gasteiger partial charge on any atom is -0.273 e. The van der Waals surface area contributed by atoms with Crippen LogP contribution >= 0.6 is 0 Å². The van der Waals surface area contributed by atoms with Crippen LogP contribution in [0.2, 0.25) is 0 Å². The normalized spacial score (nSPS) is 11.4.